The molecule has 0 heterocycles. The zero-order chi connectivity index (χ0) is 12.2. The van der Waals surface area contributed by atoms with Gasteiger partial charge in [-0.1, -0.05) is 30.5 Å². The first kappa shape index (κ1) is 12.8. The van der Waals surface area contributed by atoms with Crippen molar-refractivity contribution in [2.75, 3.05) is 0 Å². The van der Waals surface area contributed by atoms with Gasteiger partial charge in [0.25, 0.3) is 0 Å². The molecule has 0 fully saturated rings. The Hall–Kier alpha value is -1.31. The molecule has 0 aromatic heterocycles. The van der Waals surface area contributed by atoms with Gasteiger partial charge >= 0.3 is 0 Å². The Labute approximate surface area is 96.9 Å². The van der Waals surface area contributed by atoms with E-state index < -0.39 is 16.1 Å². The van der Waals surface area contributed by atoms with Gasteiger partial charge in [-0.15, -0.1) is 6.42 Å². The molecule has 4 heteroatoms. The molecule has 1 N–H and O–H groups in total. The van der Waals surface area contributed by atoms with Crippen molar-refractivity contribution in [2.24, 2.45) is 0 Å². The Morgan fingerprint density at radius 3 is 2.38 bits per heavy atom. The van der Waals surface area contributed by atoms with E-state index in [0.29, 0.717) is 6.42 Å². The highest BCUT2D eigenvalue weighted by Gasteiger charge is 2.16. The third-order valence-corrected chi connectivity index (χ3v) is 3.73. The van der Waals surface area contributed by atoms with E-state index in [9.17, 15) is 8.42 Å². The minimum atomic E-state index is -3.49. The summed E-state index contributed by atoms with van der Waals surface area (Å²) in [5.41, 5.74) is 1.02. The smallest absolute Gasteiger partial charge is 0.207 e. The predicted molar refractivity (Wildman–Crippen MR) is 64.4 cm³/mol. The van der Waals surface area contributed by atoms with Crippen LogP contribution in [0.1, 0.15) is 18.9 Å². The summed E-state index contributed by atoms with van der Waals surface area (Å²) in [6.45, 7) is 3.74. The summed E-state index contributed by atoms with van der Waals surface area (Å²) in [7, 11) is -3.49. The van der Waals surface area contributed by atoms with E-state index in [-0.39, 0.29) is 4.90 Å². The van der Waals surface area contributed by atoms with Gasteiger partial charge in [0.1, 0.15) is 0 Å². The highest BCUT2D eigenvalue weighted by Crippen LogP contribution is 2.10. The maximum Gasteiger partial charge on any atom is 0.241 e. The molecule has 86 valence electrons. The first-order chi connectivity index (χ1) is 7.49. The van der Waals surface area contributed by atoms with Crippen LogP contribution < -0.4 is 4.72 Å². The van der Waals surface area contributed by atoms with Crippen molar-refractivity contribution in [3.05, 3.63) is 29.8 Å². The summed E-state index contributed by atoms with van der Waals surface area (Å²) in [4.78, 5) is 0.242. The minimum Gasteiger partial charge on any atom is -0.207 e. The van der Waals surface area contributed by atoms with Crippen LogP contribution in [0.3, 0.4) is 0 Å². The zero-order valence-electron chi connectivity index (χ0n) is 9.40. The van der Waals surface area contributed by atoms with Crippen LogP contribution in [0.25, 0.3) is 0 Å². The van der Waals surface area contributed by atoms with E-state index in [1.807, 2.05) is 13.8 Å². The van der Waals surface area contributed by atoms with Gasteiger partial charge in [0.15, 0.2) is 0 Å². The molecule has 1 aromatic carbocycles. The monoisotopic (exact) mass is 237 g/mol. The molecule has 1 rings (SSSR count). The maximum absolute atomic E-state index is 11.9. The van der Waals surface area contributed by atoms with E-state index in [2.05, 4.69) is 10.6 Å². The first-order valence-electron chi connectivity index (χ1n) is 5.04. The lowest BCUT2D eigenvalue weighted by Crippen LogP contribution is -2.33. The summed E-state index contributed by atoms with van der Waals surface area (Å²) in [6.07, 6.45) is 5.79. The Morgan fingerprint density at radius 1 is 1.38 bits per heavy atom. The maximum atomic E-state index is 11.9. The number of benzene rings is 1. The van der Waals surface area contributed by atoms with Crippen molar-refractivity contribution in [3.8, 4) is 12.3 Å². The fraction of sp³-hybridized carbons (Fsp3) is 0.333. The molecule has 0 saturated heterocycles. The number of terminal acetylenes is 1. The van der Waals surface area contributed by atoms with E-state index in [1.54, 1.807) is 24.3 Å². The third kappa shape index (κ3) is 3.09. The van der Waals surface area contributed by atoms with E-state index in [4.69, 9.17) is 6.42 Å². The van der Waals surface area contributed by atoms with E-state index in [1.165, 1.54) is 0 Å². The number of nitrogens with one attached hydrogen (secondary N) is 1. The molecule has 0 saturated carbocycles. The molecular weight excluding hydrogens is 222 g/mol. The standard InChI is InChI=1S/C12H15NO2S/c1-4-11(5-2)13-16(14,15)12-8-6-10(3)7-9-12/h1,6-9,11,13H,5H2,2-3H3. The van der Waals surface area contributed by atoms with Gasteiger partial charge in [-0.05, 0) is 25.5 Å². The van der Waals surface area contributed by atoms with Gasteiger partial charge in [0, 0.05) is 0 Å². The third-order valence-electron chi connectivity index (χ3n) is 2.24. The summed E-state index contributed by atoms with van der Waals surface area (Å²) in [5.74, 6) is 2.40. The predicted octanol–water partition coefficient (Wildman–Crippen LogP) is 1.69. The van der Waals surface area contributed by atoms with Crippen LogP contribution in [0.15, 0.2) is 29.2 Å². The van der Waals surface area contributed by atoms with Crippen molar-refractivity contribution in [1.29, 1.82) is 0 Å². The molecule has 1 aromatic rings. The van der Waals surface area contributed by atoms with Crippen molar-refractivity contribution < 1.29 is 8.42 Å². The minimum absolute atomic E-state index is 0.242. The van der Waals surface area contributed by atoms with Gasteiger partial charge in [0.2, 0.25) is 10.0 Å². The molecule has 1 atom stereocenters. The number of sulfonamides is 1. The highest BCUT2D eigenvalue weighted by atomic mass is 32.2. The quantitative estimate of drug-likeness (QED) is 0.810. The molecule has 1 unspecified atom stereocenters. The lowest BCUT2D eigenvalue weighted by Gasteiger charge is -2.11. The molecular formula is C12H15NO2S. The number of hydrogen-bond donors (Lipinski definition) is 1. The topological polar surface area (TPSA) is 46.2 Å². The highest BCUT2D eigenvalue weighted by molar-refractivity contribution is 7.89. The molecule has 0 aliphatic heterocycles. The van der Waals surface area contributed by atoms with Crippen LogP contribution in [0.4, 0.5) is 0 Å². The van der Waals surface area contributed by atoms with Crippen molar-refractivity contribution in [1.82, 2.24) is 4.72 Å². The average molecular weight is 237 g/mol. The van der Waals surface area contributed by atoms with Crippen LogP contribution in [-0.4, -0.2) is 14.5 Å². The number of rotatable bonds is 4. The number of aryl methyl sites for hydroxylation is 1. The SMILES string of the molecule is C#CC(CC)NS(=O)(=O)c1ccc(C)cc1. The van der Waals surface area contributed by atoms with Gasteiger partial charge in [-0.25, -0.2) is 8.42 Å². The Morgan fingerprint density at radius 2 is 1.94 bits per heavy atom. The summed E-state index contributed by atoms with van der Waals surface area (Å²) in [5, 5.41) is 0. The van der Waals surface area contributed by atoms with Crippen LogP contribution in [0.5, 0.6) is 0 Å². The molecule has 0 amide bonds. The van der Waals surface area contributed by atoms with Crippen molar-refractivity contribution in [2.45, 2.75) is 31.2 Å². The van der Waals surface area contributed by atoms with Crippen LogP contribution in [0.2, 0.25) is 0 Å². The Balaban J connectivity index is 2.95. The lowest BCUT2D eigenvalue weighted by molar-refractivity contribution is 0.570. The van der Waals surface area contributed by atoms with Gasteiger partial charge in [0.05, 0.1) is 10.9 Å². The second-order valence-electron chi connectivity index (χ2n) is 3.56. The molecule has 0 spiro atoms. The molecule has 3 nitrogen and oxygen atoms in total. The molecule has 0 bridgehead atoms. The summed E-state index contributed by atoms with van der Waals surface area (Å²) < 4.78 is 26.2. The Kier molecular flexibility index (Phi) is 4.11. The zero-order valence-corrected chi connectivity index (χ0v) is 10.2. The van der Waals surface area contributed by atoms with Crippen LogP contribution >= 0.6 is 0 Å². The number of hydrogen-bond acceptors (Lipinski definition) is 2. The largest absolute Gasteiger partial charge is 0.241 e. The Bertz CT molecular complexity index is 483. The second-order valence-corrected chi connectivity index (χ2v) is 5.28. The van der Waals surface area contributed by atoms with Gasteiger partial charge < -0.3 is 0 Å². The molecule has 16 heavy (non-hydrogen) atoms. The summed E-state index contributed by atoms with van der Waals surface area (Å²) >= 11 is 0. The molecule has 0 aliphatic carbocycles. The van der Waals surface area contributed by atoms with Gasteiger partial charge in [-0.3, -0.25) is 0 Å². The van der Waals surface area contributed by atoms with E-state index in [0.717, 1.165) is 5.56 Å². The normalized spacial score (nSPS) is 13.1. The van der Waals surface area contributed by atoms with Crippen molar-refractivity contribution in [3.63, 3.8) is 0 Å². The second kappa shape index (κ2) is 5.15. The van der Waals surface area contributed by atoms with Crippen LogP contribution in [0, 0.1) is 19.3 Å². The summed E-state index contributed by atoms with van der Waals surface area (Å²) in [6, 6.07) is 6.20. The molecule has 0 aliphatic rings. The van der Waals surface area contributed by atoms with Crippen molar-refractivity contribution >= 4 is 10.0 Å². The van der Waals surface area contributed by atoms with E-state index >= 15 is 0 Å². The van der Waals surface area contributed by atoms with Gasteiger partial charge in [-0.2, -0.15) is 4.72 Å². The fourth-order valence-electron chi connectivity index (χ4n) is 1.21. The lowest BCUT2D eigenvalue weighted by atomic mass is 10.2. The van der Waals surface area contributed by atoms with Crippen LogP contribution in [-0.2, 0) is 10.0 Å². The first-order valence-corrected chi connectivity index (χ1v) is 6.53. The fourth-order valence-corrected chi connectivity index (χ4v) is 2.45. The average Bonchev–Trinajstić information content (AvgIpc) is 2.26. The molecule has 0 radical (unpaired) electrons.